The molecular weight excluding hydrogens is 284 g/mol. The van der Waals surface area contributed by atoms with Gasteiger partial charge in [0.1, 0.15) is 0 Å². The van der Waals surface area contributed by atoms with Gasteiger partial charge in [-0.1, -0.05) is 0 Å². The van der Waals surface area contributed by atoms with Crippen LogP contribution >= 0.6 is 0 Å². The number of carbonyl (C=O) groups is 3. The molecule has 0 saturated carbocycles. The lowest BCUT2D eigenvalue weighted by Gasteiger charge is -2.32. The van der Waals surface area contributed by atoms with Crippen LogP contribution in [0.25, 0.3) is 0 Å². The predicted octanol–water partition coefficient (Wildman–Crippen LogP) is 0.211. The van der Waals surface area contributed by atoms with E-state index in [1.165, 1.54) is 0 Å². The molecule has 1 unspecified atom stereocenters. The molecular formula is C15H26N4O3. The van der Waals surface area contributed by atoms with Crippen molar-refractivity contribution in [3.05, 3.63) is 0 Å². The van der Waals surface area contributed by atoms with E-state index in [0.29, 0.717) is 6.54 Å². The van der Waals surface area contributed by atoms with Crippen molar-refractivity contribution in [2.75, 3.05) is 19.6 Å². The number of piperidine rings is 1. The molecule has 1 atom stereocenters. The van der Waals surface area contributed by atoms with Gasteiger partial charge < -0.3 is 15.5 Å². The molecule has 2 heterocycles. The Morgan fingerprint density at radius 2 is 1.86 bits per heavy atom. The van der Waals surface area contributed by atoms with Gasteiger partial charge in [0.25, 0.3) is 0 Å². The minimum absolute atomic E-state index is 0.0301. The van der Waals surface area contributed by atoms with Crippen LogP contribution in [-0.4, -0.2) is 54.0 Å². The topological polar surface area (TPSA) is 90.5 Å². The fraction of sp³-hybridized carbons (Fsp3) is 0.800. The Hall–Kier alpha value is -1.63. The maximum Gasteiger partial charge on any atom is 0.321 e. The van der Waals surface area contributed by atoms with Crippen LogP contribution in [0, 0.1) is 5.92 Å². The van der Waals surface area contributed by atoms with E-state index in [9.17, 15) is 14.4 Å². The first-order chi connectivity index (χ1) is 10.3. The van der Waals surface area contributed by atoms with Crippen LogP contribution in [0.5, 0.6) is 0 Å². The summed E-state index contributed by atoms with van der Waals surface area (Å²) in [5.74, 6) is -0.304. The van der Waals surface area contributed by atoms with E-state index in [2.05, 4.69) is 16.0 Å². The summed E-state index contributed by atoms with van der Waals surface area (Å²) in [6.45, 7) is 7.99. The lowest BCUT2D eigenvalue weighted by atomic mass is 9.97. The minimum Gasteiger partial charge on any atom is -0.336 e. The van der Waals surface area contributed by atoms with E-state index < -0.39 is 6.03 Å². The molecule has 7 nitrogen and oxygen atoms in total. The number of carbonyl (C=O) groups excluding carboxylic acids is 3. The standard InChI is InChI=1S/C15H26N4O3/c1-15(2,3)19-9-11(8-12(19)20)17-14(22)18-13(21)10-4-6-16-7-5-10/h10-11,16H,4-9H2,1-3H3,(H2,17,18,21,22). The van der Waals surface area contributed by atoms with E-state index in [-0.39, 0.29) is 35.7 Å². The zero-order chi connectivity index (χ0) is 16.3. The molecule has 0 aromatic rings. The maximum atomic E-state index is 12.0. The van der Waals surface area contributed by atoms with E-state index in [1.54, 1.807) is 4.90 Å². The number of imide groups is 1. The first-order valence-corrected chi connectivity index (χ1v) is 7.90. The van der Waals surface area contributed by atoms with Crippen molar-refractivity contribution in [1.29, 1.82) is 0 Å². The van der Waals surface area contributed by atoms with Crippen molar-refractivity contribution in [2.24, 2.45) is 5.92 Å². The number of amides is 4. The Balaban J connectivity index is 1.80. The summed E-state index contributed by atoms with van der Waals surface area (Å²) in [4.78, 5) is 37.6. The molecule has 0 spiro atoms. The molecule has 22 heavy (non-hydrogen) atoms. The second kappa shape index (κ2) is 6.64. The van der Waals surface area contributed by atoms with Gasteiger partial charge in [-0.15, -0.1) is 0 Å². The second-order valence-electron chi connectivity index (χ2n) is 7.06. The van der Waals surface area contributed by atoms with Crippen LogP contribution in [0.3, 0.4) is 0 Å². The number of nitrogens with zero attached hydrogens (tertiary/aromatic N) is 1. The van der Waals surface area contributed by atoms with Crippen molar-refractivity contribution >= 4 is 17.8 Å². The number of hydrogen-bond donors (Lipinski definition) is 3. The van der Waals surface area contributed by atoms with Crippen molar-refractivity contribution in [3.8, 4) is 0 Å². The molecule has 0 aliphatic carbocycles. The third-order valence-corrected chi connectivity index (χ3v) is 4.22. The summed E-state index contributed by atoms with van der Waals surface area (Å²) >= 11 is 0. The van der Waals surface area contributed by atoms with Crippen molar-refractivity contribution in [2.45, 2.75) is 51.6 Å². The number of likely N-dealkylation sites (tertiary alicyclic amines) is 1. The summed E-state index contributed by atoms with van der Waals surface area (Å²) in [6, 6.07) is -0.746. The second-order valence-corrected chi connectivity index (χ2v) is 7.06. The third-order valence-electron chi connectivity index (χ3n) is 4.22. The Morgan fingerprint density at radius 1 is 1.23 bits per heavy atom. The summed E-state index contributed by atoms with van der Waals surface area (Å²) in [7, 11) is 0. The number of nitrogens with one attached hydrogen (secondary N) is 3. The minimum atomic E-state index is -0.503. The van der Waals surface area contributed by atoms with Crippen LogP contribution in [0.2, 0.25) is 0 Å². The first kappa shape index (κ1) is 16.7. The molecule has 2 rings (SSSR count). The molecule has 2 aliphatic heterocycles. The number of urea groups is 1. The van der Waals surface area contributed by atoms with Gasteiger partial charge >= 0.3 is 6.03 Å². The summed E-state index contributed by atoms with van der Waals surface area (Å²) in [5.41, 5.74) is -0.255. The molecule has 2 fully saturated rings. The van der Waals surface area contributed by atoms with Gasteiger partial charge in [0.05, 0.1) is 6.04 Å². The van der Waals surface area contributed by atoms with Gasteiger partial charge in [-0.3, -0.25) is 14.9 Å². The van der Waals surface area contributed by atoms with Gasteiger partial charge in [-0.05, 0) is 46.7 Å². The SMILES string of the molecule is CC(C)(C)N1CC(NC(=O)NC(=O)C2CCNCC2)CC1=O. The number of hydrogen-bond acceptors (Lipinski definition) is 4. The highest BCUT2D eigenvalue weighted by molar-refractivity contribution is 5.96. The number of rotatable bonds is 2. The zero-order valence-electron chi connectivity index (χ0n) is 13.6. The molecule has 124 valence electrons. The first-order valence-electron chi connectivity index (χ1n) is 7.90. The van der Waals surface area contributed by atoms with Crippen molar-refractivity contribution in [3.63, 3.8) is 0 Å². The van der Waals surface area contributed by atoms with E-state index in [0.717, 1.165) is 25.9 Å². The zero-order valence-corrected chi connectivity index (χ0v) is 13.6. The van der Waals surface area contributed by atoms with Gasteiger partial charge in [0, 0.05) is 24.4 Å². The Bertz CT molecular complexity index is 452. The van der Waals surface area contributed by atoms with E-state index >= 15 is 0 Å². The average Bonchev–Trinajstić information content (AvgIpc) is 2.80. The fourth-order valence-electron chi connectivity index (χ4n) is 2.97. The fourth-order valence-corrected chi connectivity index (χ4v) is 2.97. The van der Waals surface area contributed by atoms with Crippen LogP contribution in [0.4, 0.5) is 4.79 Å². The van der Waals surface area contributed by atoms with E-state index in [1.807, 2.05) is 20.8 Å². The predicted molar refractivity (Wildman–Crippen MR) is 82.1 cm³/mol. The average molecular weight is 310 g/mol. The van der Waals surface area contributed by atoms with Crippen LogP contribution in [-0.2, 0) is 9.59 Å². The smallest absolute Gasteiger partial charge is 0.321 e. The molecule has 0 aromatic carbocycles. The Morgan fingerprint density at radius 3 is 2.41 bits per heavy atom. The highest BCUT2D eigenvalue weighted by atomic mass is 16.2. The Labute approximate surface area is 131 Å². The highest BCUT2D eigenvalue weighted by Crippen LogP contribution is 2.21. The van der Waals surface area contributed by atoms with Crippen molar-refractivity contribution < 1.29 is 14.4 Å². The molecule has 0 bridgehead atoms. The Kier molecular flexibility index (Phi) is 5.05. The molecule has 3 N–H and O–H groups in total. The summed E-state index contributed by atoms with van der Waals surface area (Å²) in [5, 5.41) is 8.31. The van der Waals surface area contributed by atoms with Gasteiger partial charge in [-0.2, -0.15) is 0 Å². The van der Waals surface area contributed by atoms with Gasteiger partial charge in [0.15, 0.2) is 0 Å². The third kappa shape index (κ3) is 4.19. The molecule has 0 radical (unpaired) electrons. The molecule has 4 amide bonds. The monoisotopic (exact) mass is 310 g/mol. The lowest BCUT2D eigenvalue weighted by molar-refractivity contribution is -0.131. The maximum absolute atomic E-state index is 12.0. The summed E-state index contributed by atoms with van der Waals surface area (Å²) in [6.07, 6.45) is 1.78. The lowest BCUT2D eigenvalue weighted by Crippen LogP contribution is -2.49. The van der Waals surface area contributed by atoms with Crippen LogP contribution in [0.1, 0.15) is 40.0 Å². The van der Waals surface area contributed by atoms with Crippen molar-refractivity contribution in [1.82, 2.24) is 20.9 Å². The molecule has 2 saturated heterocycles. The molecule has 0 aromatic heterocycles. The van der Waals surface area contributed by atoms with Gasteiger partial charge in [-0.25, -0.2) is 4.79 Å². The van der Waals surface area contributed by atoms with Crippen LogP contribution in [0.15, 0.2) is 0 Å². The summed E-state index contributed by atoms with van der Waals surface area (Å²) < 4.78 is 0. The van der Waals surface area contributed by atoms with E-state index in [4.69, 9.17) is 0 Å². The van der Waals surface area contributed by atoms with Gasteiger partial charge in [0.2, 0.25) is 11.8 Å². The molecule has 7 heteroatoms. The normalized spacial score (nSPS) is 23.5. The largest absolute Gasteiger partial charge is 0.336 e. The van der Waals surface area contributed by atoms with Crippen LogP contribution < -0.4 is 16.0 Å². The quantitative estimate of drug-likeness (QED) is 0.680. The highest BCUT2D eigenvalue weighted by Gasteiger charge is 2.37. The molecule has 2 aliphatic rings.